The molecule has 1 aliphatic heterocycles. The minimum absolute atomic E-state index is 0.200. The van der Waals surface area contributed by atoms with Gasteiger partial charge in [-0.25, -0.2) is 0 Å². The van der Waals surface area contributed by atoms with Crippen LogP contribution in [-0.2, 0) is 4.79 Å². The zero-order valence-corrected chi connectivity index (χ0v) is 11.8. The van der Waals surface area contributed by atoms with E-state index in [4.69, 9.17) is 0 Å². The standard InChI is InChI=1S/C16H23NO/c1-10(2)7-15-14(9-16(18)17-15)13-6-5-11(3)8-12(13)4/h5-6,8,10,14-15H,7,9H2,1-4H3,(H,17,18). The van der Waals surface area contributed by atoms with Crippen molar-refractivity contribution in [3.63, 3.8) is 0 Å². The Bertz CT molecular complexity index is 450. The van der Waals surface area contributed by atoms with Crippen molar-refractivity contribution in [1.82, 2.24) is 5.32 Å². The van der Waals surface area contributed by atoms with E-state index in [-0.39, 0.29) is 5.91 Å². The summed E-state index contributed by atoms with van der Waals surface area (Å²) in [4.78, 5) is 11.7. The van der Waals surface area contributed by atoms with E-state index in [2.05, 4.69) is 51.2 Å². The second-order valence-corrected chi connectivity index (χ2v) is 5.97. The van der Waals surface area contributed by atoms with Gasteiger partial charge in [-0.05, 0) is 37.3 Å². The largest absolute Gasteiger partial charge is 0.353 e. The fraction of sp³-hybridized carbons (Fsp3) is 0.562. The summed E-state index contributed by atoms with van der Waals surface area (Å²) in [5.41, 5.74) is 3.93. The maximum atomic E-state index is 11.7. The molecule has 1 amide bonds. The van der Waals surface area contributed by atoms with Crippen LogP contribution in [0.25, 0.3) is 0 Å². The highest BCUT2D eigenvalue weighted by Gasteiger charge is 2.34. The number of nitrogens with one attached hydrogen (secondary N) is 1. The number of carbonyl (C=O) groups is 1. The first-order chi connectivity index (χ1) is 8.47. The molecule has 1 aromatic rings. The van der Waals surface area contributed by atoms with Crippen molar-refractivity contribution < 1.29 is 4.79 Å². The quantitative estimate of drug-likeness (QED) is 0.869. The Hall–Kier alpha value is -1.31. The Kier molecular flexibility index (Phi) is 3.74. The first kappa shape index (κ1) is 13.1. The zero-order chi connectivity index (χ0) is 13.3. The van der Waals surface area contributed by atoms with Crippen LogP contribution in [0.3, 0.4) is 0 Å². The van der Waals surface area contributed by atoms with Gasteiger partial charge in [-0.1, -0.05) is 37.6 Å². The average Bonchev–Trinajstić information content (AvgIpc) is 2.58. The second kappa shape index (κ2) is 5.13. The van der Waals surface area contributed by atoms with Crippen molar-refractivity contribution in [1.29, 1.82) is 0 Å². The third-order valence-electron chi connectivity index (χ3n) is 3.79. The molecule has 98 valence electrons. The lowest BCUT2D eigenvalue weighted by atomic mass is 9.85. The van der Waals surface area contributed by atoms with Crippen LogP contribution in [0.5, 0.6) is 0 Å². The van der Waals surface area contributed by atoms with Gasteiger partial charge >= 0.3 is 0 Å². The lowest BCUT2D eigenvalue weighted by molar-refractivity contribution is -0.119. The molecule has 1 aliphatic rings. The van der Waals surface area contributed by atoms with Crippen LogP contribution in [-0.4, -0.2) is 11.9 Å². The maximum absolute atomic E-state index is 11.7. The number of carbonyl (C=O) groups excluding carboxylic acids is 1. The van der Waals surface area contributed by atoms with Gasteiger partial charge in [-0.15, -0.1) is 0 Å². The Morgan fingerprint density at radius 1 is 1.33 bits per heavy atom. The minimum Gasteiger partial charge on any atom is -0.353 e. The number of rotatable bonds is 3. The van der Waals surface area contributed by atoms with Gasteiger partial charge in [0.15, 0.2) is 0 Å². The van der Waals surface area contributed by atoms with Gasteiger partial charge < -0.3 is 5.32 Å². The Morgan fingerprint density at radius 3 is 2.67 bits per heavy atom. The van der Waals surface area contributed by atoms with Crippen molar-refractivity contribution in [2.45, 2.75) is 52.5 Å². The Labute approximate surface area is 110 Å². The van der Waals surface area contributed by atoms with Crippen molar-refractivity contribution in [2.24, 2.45) is 5.92 Å². The molecule has 2 unspecified atom stereocenters. The SMILES string of the molecule is Cc1ccc(C2CC(=O)NC2CC(C)C)c(C)c1. The van der Waals surface area contributed by atoms with Gasteiger partial charge in [0.2, 0.25) is 5.91 Å². The summed E-state index contributed by atoms with van der Waals surface area (Å²) in [6, 6.07) is 6.87. The number of aryl methyl sites for hydroxylation is 2. The predicted molar refractivity (Wildman–Crippen MR) is 74.7 cm³/mol. The highest BCUT2D eigenvalue weighted by atomic mass is 16.2. The summed E-state index contributed by atoms with van der Waals surface area (Å²) >= 11 is 0. The van der Waals surface area contributed by atoms with E-state index in [0.717, 1.165) is 6.42 Å². The smallest absolute Gasteiger partial charge is 0.220 e. The van der Waals surface area contributed by atoms with Gasteiger partial charge in [0, 0.05) is 18.4 Å². The van der Waals surface area contributed by atoms with E-state index in [1.807, 2.05) is 0 Å². The molecule has 0 radical (unpaired) electrons. The van der Waals surface area contributed by atoms with Gasteiger partial charge in [0.05, 0.1) is 0 Å². The number of hydrogen-bond acceptors (Lipinski definition) is 1. The topological polar surface area (TPSA) is 29.1 Å². The van der Waals surface area contributed by atoms with Crippen molar-refractivity contribution in [3.05, 3.63) is 34.9 Å². The van der Waals surface area contributed by atoms with E-state index >= 15 is 0 Å². The zero-order valence-electron chi connectivity index (χ0n) is 11.8. The highest BCUT2D eigenvalue weighted by molar-refractivity contribution is 5.80. The lowest BCUT2D eigenvalue weighted by Crippen LogP contribution is -2.29. The van der Waals surface area contributed by atoms with E-state index in [1.165, 1.54) is 16.7 Å². The third-order valence-corrected chi connectivity index (χ3v) is 3.79. The second-order valence-electron chi connectivity index (χ2n) is 5.97. The third kappa shape index (κ3) is 2.74. The lowest BCUT2D eigenvalue weighted by Gasteiger charge is -2.22. The first-order valence-corrected chi connectivity index (χ1v) is 6.84. The van der Waals surface area contributed by atoms with Gasteiger partial charge in [0.25, 0.3) is 0 Å². The number of benzene rings is 1. The molecule has 1 N–H and O–H groups in total. The molecule has 1 saturated heterocycles. The van der Waals surface area contributed by atoms with E-state index in [1.54, 1.807) is 0 Å². The van der Waals surface area contributed by atoms with Crippen molar-refractivity contribution >= 4 is 5.91 Å². The maximum Gasteiger partial charge on any atom is 0.220 e. The molecule has 1 fully saturated rings. The fourth-order valence-corrected chi connectivity index (χ4v) is 3.01. The highest BCUT2D eigenvalue weighted by Crippen LogP contribution is 2.33. The summed E-state index contributed by atoms with van der Waals surface area (Å²) in [6.45, 7) is 8.69. The average molecular weight is 245 g/mol. The molecule has 2 atom stereocenters. The van der Waals surface area contributed by atoms with Crippen LogP contribution in [0.15, 0.2) is 18.2 Å². The van der Waals surface area contributed by atoms with Crippen LogP contribution < -0.4 is 5.32 Å². The molecule has 2 heteroatoms. The molecule has 0 aromatic heterocycles. The molecular weight excluding hydrogens is 222 g/mol. The van der Waals surface area contributed by atoms with Crippen LogP contribution in [0.1, 0.15) is 49.3 Å². The van der Waals surface area contributed by atoms with E-state index in [9.17, 15) is 4.79 Å². The summed E-state index contributed by atoms with van der Waals surface area (Å²) in [5.74, 6) is 1.16. The summed E-state index contributed by atoms with van der Waals surface area (Å²) < 4.78 is 0. The van der Waals surface area contributed by atoms with Gasteiger partial charge in [-0.2, -0.15) is 0 Å². The number of amides is 1. The monoisotopic (exact) mass is 245 g/mol. The van der Waals surface area contributed by atoms with E-state index < -0.39 is 0 Å². The Balaban J connectivity index is 2.26. The van der Waals surface area contributed by atoms with Gasteiger partial charge in [0.1, 0.15) is 0 Å². The molecule has 2 nitrogen and oxygen atoms in total. The predicted octanol–water partition coefficient (Wildman–Crippen LogP) is 3.32. The summed E-state index contributed by atoms with van der Waals surface area (Å²) in [6.07, 6.45) is 1.70. The molecular formula is C16H23NO. The molecule has 0 bridgehead atoms. The number of hydrogen-bond donors (Lipinski definition) is 1. The van der Waals surface area contributed by atoms with Crippen molar-refractivity contribution in [3.8, 4) is 0 Å². The minimum atomic E-state index is 0.200. The summed E-state index contributed by atoms with van der Waals surface area (Å²) in [7, 11) is 0. The van der Waals surface area contributed by atoms with Gasteiger partial charge in [-0.3, -0.25) is 4.79 Å². The molecule has 0 aliphatic carbocycles. The first-order valence-electron chi connectivity index (χ1n) is 6.84. The van der Waals surface area contributed by atoms with Crippen LogP contribution in [0, 0.1) is 19.8 Å². The fourth-order valence-electron chi connectivity index (χ4n) is 3.01. The van der Waals surface area contributed by atoms with Crippen LogP contribution >= 0.6 is 0 Å². The summed E-state index contributed by atoms with van der Waals surface area (Å²) in [5, 5.41) is 3.14. The van der Waals surface area contributed by atoms with E-state index in [0.29, 0.717) is 24.3 Å². The molecule has 1 heterocycles. The molecule has 0 saturated carbocycles. The molecule has 0 spiro atoms. The Morgan fingerprint density at radius 2 is 2.06 bits per heavy atom. The molecule has 1 aromatic carbocycles. The normalized spacial score (nSPS) is 23.5. The van der Waals surface area contributed by atoms with Crippen LogP contribution in [0.2, 0.25) is 0 Å². The van der Waals surface area contributed by atoms with Crippen molar-refractivity contribution in [2.75, 3.05) is 0 Å². The molecule has 18 heavy (non-hydrogen) atoms. The molecule has 2 rings (SSSR count). The van der Waals surface area contributed by atoms with Crippen LogP contribution in [0.4, 0.5) is 0 Å².